The third kappa shape index (κ3) is 4.77. The molecule has 2 aromatic rings. The third-order valence-corrected chi connectivity index (χ3v) is 3.88. The Hall–Kier alpha value is -1.92. The van der Waals surface area contributed by atoms with E-state index in [1.54, 1.807) is 18.2 Å². The van der Waals surface area contributed by atoms with Crippen molar-refractivity contribution < 1.29 is 18.7 Å². The van der Waals surface area contributed by atoms with Crippen LogP contribution in [0.5, 0.6) is 0 Å². The Bertz CT molecular complexity index is 767. The van der Waals surface area contributed by atoms with Crippen LogP contribution in [0.1, 0.15) is 15.9 Å². The van der Waals surface area contributed by atoms with Crippen molar-refractivity contribution in [2.24, 2.45) is 0 Å². The molecule has 120 valence electrons. The summed E-state index contributed by atoms with van der Waals surface area (Å²) in [7, 11) is 0. The fourth-order valence-corrected chi connectivity index (χ4v) is 2.36. The standard InChI is InChI=1S/C16H12BrClFNO3/c1-9-2-3-10(18)6-14(9)20-15(21)8-23-16(22)12-7-11(19)4-5-13(12)17/h2-7H,8H2,1H3,(H,20,21). The van der Waals surface area contributed by atoms with Crippen molar-refractivity contribution in [2.75, 3.05) is 11.9 Å². The van der Waals surface area contributed by atoms with Gasteiger partial charge in [0.05, 0.1) is 5.56 Å². The number of esters is 1. The molecule has 0 radical (unpaired) electrons. The number of aryl methyl sites for hydroxylation is 1. The lowest BCUT2D eigenvalue weighted by Crippen LogP contribution is -2.21. The van der Waals surface area contributed by atoms with E-state index < -0.39 is 24.3 Å². The molecule has 0 saturated carbocycles. The molecule has 0 heterocycles. The fourth-order valence-electron chi connectivity index (χ4n) is 1.78. The van der Waals surface area contributed by atoms with Crippen LogP contribution >= 0.6 is 27.5 Å². The van der Waals surface area contributed by atoms with Gasteiger partial charge in [0.25, 0.3) is 5.91 Å². The van der Waals surface area contributed by atoms with Crippen LogP contribution < -0.4 is 5.32 Å². The highest BCUT2D eigenvalue weighted by atomic mass is 79.9. The van der Waals surface area contributed by atoms with Crippen LogP contribution in [-0.4, -0.2) is 18.5 Å². The Balaban J connectivity index is 1.97. The van der Waals surface area contributed by atoms with Crippen LogP contribution in [0.15, 0.2) is 40.9 Å². The maximum absolute atomic E-state index is 13.2. The Morgan fingerprint density at radius 1 is 1.26 bits per heavy atom. The number of hydrogen-bond acceptors (Lipinski definition) is 3. The van der Waals surface area contributed by atoms with Gasteiger partial charge in [0.15, 0.2) is 6.61 Å². The van der Waals surface area contributed by atoms with E-state index in [0.717, 1.165) is 11.6 Å². The van der Waals surface area contributed by atoms with Gasteiger partial charge in [-0.25, -0.2) is 9.18 Å². The highest BCUT2D eigenvalue weighted by Crippen LogP contribution is 2.21. The normalized spacial score (nSPS) is 10.3. The first-order chi connectivity index (χ1) is 10.9. The van der Waals surface area contributed by atoms with Crippen molar-refractivity contribution in [1.29, 1.82) is 0 Å². The van der Waals surface area contributed by atoms with Crippen molar-refractivity contribution in [2.45, 2.75) is 6.92 Å². The van der Waals surface area contributed by atoms with E-state index in [1.165, 1.54) is 12.1 Å². The van der Waals surface area contributed by atoms with E-state index in [2.05, 4.69) is 21.2 Å². The number of benzene rings is 2. The monoisotopic (exact) mass is 399 g/mol. The van der Waals surface area contributed by atoms with Gasteiger partial charge >= 0.3 is 5.97 Å². The highest BCUT2D eigenvalue weighted by Gasteiger charge is 2.15. The lowest BCUT2D eigenvalue weighted by molar-refractivity contribution is -0.119. The molecular weight excluding hydrogens is 389 g/mol. The second kappa shape index (κ2) is 7.57. The van der Waals surface area contributed by atoms with E-state index in [1.807, 2.05) is 6.92 Å². The number of amides is 1. The van der Waals surface area contributed by atoms with Crippen LogP contribution in [0.2, 0.25) is 5.02 Å². The zero-order chi connectivity index (χ0) is 17.0. The van der Waals surface area contributed by atoms with E-state index in [0.29, 0.717) is 15.2 Å². The number of ether oxygens (including phenoxy) is 1. The van der Waals surface area contributed by atoms with Gasteiger partial charge in [0, 0.05) is 15.2 Å². The molecule has 2 rings (SSSR count). The van der Waals surface area contributed by atoms with Crippen LogP contribution in [-0.2, 0) is 9.53 Å². The molecule has 0 aliphatic carbocycles. The Kier molecular flexibility index (Phi) is 5.74. The summed E-state index contributed by atoms with van der Waals surface area (Å²) in [5.74, 6) is -1.88. The summed E-state index contributed by atoms with van der Waals surface area (Å²) in [4.78, 5) is 23.7. The number of carbonyl (C=O) groups excluding carboxylic acids is 2. The van der Waals surface area contributed by atoms with E-state index >= 15 is 0 Å². The van der Waals surface area contributed by atoms with E-state index in [-0.39, 0.29) is 5.56 Å². The molecule has 0 bridgehead atoms. The molecule has 1 amide bonds. The fraction of sp³-hybridized carbons (Fsp3) is 0.125. The minimum absolute atomic E-state index is 0.0109. The Morgan fingerprint density at radius 2 is 2.00 bits per heavy atom. The smallest absolute Gasteiger partial charge is 0.339 e. The van der Waals surface area contributed by atoms with Crippen molar-refractivity contribution >= 4 is 45.1 Å². The topological polar surface area (TPSA) is 55.4 Å². The van der Waals surface area contributed by atoms with E-state index in [4.69, 9.17) is 16.3 Å². The average Bonchev–Trinajstić information content (AvgIpc) is 2.51. The maximum Gasteiger partial charge on any atom is 0.339 e. The van der Waals surface area contributed by atoms with Gasteiger partial charge in [-0.1, -0.05) is 17.7 Å². The number of halogens is 3. The summed E-state index contributed by atoms with van der Waals surface area (Å²) in [6.45, 7) is 1.32. The van der Waals surface area contributed by atoms with Crippen molar-refractivity contribution in [3.63, 3.8) is 0 Å². The van der Waals surface area contributed by atoms with Gasteiger partial charge in [-0.3, -0.25) is 4.79 Å². The van der Waals surface area contributed by atoms with Crippen LogP contribution in [0.4, 0.5) is 10.1 Å². The lowest BCUT2D eigenvalue weighted by atomic mass is 10.2. The quantitative estimate of drug-likeness (QED) is 0.777. The second-order valence-electron chi connectivity index (χ2n) is 4.71. The highest BCUT2D eigenvalue weighted by molar-refractivity contribution is 9.10. The van der Waals surface area contributed by atoms with Crippen molar-refractivity contribution in [3.8, 4) is 0 Å². The van der Waals surface area contributed by atoms with Crippen LogP contribution in [0.25, 0.3) is 0 Å². The van der Waals surface area contributed by atoms with Crippen molar-refractivity contribution in [3.05, 3.63) is 62.8 Å². The first-order valence-corrected chi connectivity index (χ1v) is 7.72. The molecule has 0 atom stereocenters. The van der Waals surface area contributed by atoms with Gasteiger partial charge in [0.2, 0.25) is 0 Å². The molecule has 0 saturated heterocycles. The first-order valence-electron chi connectivity index (χ1n) is 6.55. The lowest BCUT2D eigenvalue weighted by Gasteiger charge is -2.10. The van der Waals surface area contributed by atoms with Crippen molar-refractivity contribution in [1.82, 2.24) is 0 Å². The molecule has 0 spiro atoms. The van der Waals surface area contributed by atoms with Gasteiger partial charge in [-0.2, -0.15) is 0 Å². The molecule has 7 heteroatoms. The molecule has 0 aliphatic heterocycles. The zero-order valence-electron chi connectivity index (χ0n) is 12.0. The largest absolute Gasteiger partial charge is 0.452 e. The minimum Gasteiger partial charge on any atom is -0.452 e. The molecule has 1 N–H and O–H groups in total. The molecule has 0 aliphatic rings. The minimum atomic E-state index is -0.797. The number of anilines is 1. The zero-order valence-corrected chi connectivity index (χ0v) is 14.4. The average molecular weight is 401 g/mol. The molecule has 23 heavy (non-hydrogen) atoms. The molecule has 2 aromatic carbocycles. The summed E-state index contributed by atoms with van der Waals surface area (Å²) in [6.07, 6.45) is 0. The van der Waals surface area contributed by atoms with Gasteiger partial charge in [-0.15, -0.1) is 0 Å². The SMILES string of the molecule is Cc1ccc(Cl)cc1NC(=O)COC(=O)c1cc(F)ccc1Br. The predicted octanol–water partition coefficient (Wildman–Crippen LogP) is 4.35. The van der Waals surface area contributed by atoms with Gasteiger partial charge < -0.3 is 10.1 Å². The molecular formula is C16H12BrClFNO3. The Labute approximate surface area is 145 Å². The summed E-state index contributed by atoms with van der Waals surface area (Å²) >= 11 is 8.99. The third-order valence-electron chi connectivity index (χ3n) is 2.96. The molecule has 0 aromatic heterocycles. The number of hydrogen-bond donors (Lipinski definition) is 1. The number of carbonyl (C=O) groups is 2. The second-order valence-corrected chi connectivity index (χ2v) is 6.00. The molecule has 0 unspecified atom stereocenters. The number of rotatable bonds is 4. The summed E-state index contributed by atoms with van der Waals surface area (Å²) in [5.41, 5.74) is 1.36. The van der Waals surface area contributed by atoms with Crippen LogP contribution in [0, 0.1) is 12.7 Å². The summed E-state index contributed by atoms with van der Waals surface area (Å²) < 4.78 is 18.4. The Morgan fingerprint density at radius 3 is 2.74 bits per heavy atom. The maximum atomic E-state index is 13.2. The predicted molar refractivity (Wildman–Crippen MR) is 89.2 cm³/mol. The molecule has 0 fully saturated rings. The first kappa shape index (κ1) is 17.4. The summed E-state index contributed by atoms with van der Waals surface area (Å²) in [6, 6.07) is 8.68. The van der Waals surface area contributed by atoms with E-state index in [9.17, 15) is 14.0 Å². The molecule has 4 nitrogen and oxygen atoms in total. The van der Waals surface area contributed by atoms with Gasteiger partial charge in [0.1, 0.15) is 5.82 Å². The van der Waals surface area contributed by atoms with Crippen LogP contribution in [0.3, 0.4) is 0 Å². The summed E-state index contributed by atoms with van der Waals surface area (Å²) in [5, 5.41) is 3.08. The number of nitrogens with one attached hydrogen (secondary N) is 1. The van der Waals surface area contributed by atoms with Gasteiger partial charge in [-0.05, 0) is 58.7 Å².